The van der Waals surface area contributed by atoms with Gasteiger partial charge in [-0.05, 0) is 0 Å². The minimum absolute atomic E-state index is 0. The molecular weight excluding hydrogens is 204 g/mol. The van der Waals surface area contributed by atoms with Crippen LogP contribution in [0.25, 0.3) is 0 Å². The van der Waals surface area contributed by atoms with Crippen LogP contribution in [0.5, 0.6) is 0 Å². The number of hydrogen-bond donors (Lipinski definition) is 0. The summed E-state index contributed by atoms with van der Waals surface area (Å²) in [5.74, 6) is 0. The van der Waals surface area contributed by atoms with E-state index in [1.807, 2.05) is 0 Å². The van der Waals surface area contributed by atoms with E-state index in [1.165, 1.54) is 4.44 Å². The van der Waals surface area contributed by atoms with Gasteiger partial charge in [-0.15, -0.1) is 12.4 Å². The fourth-order valence-corrected chi connectivity index (χ4v) is 2.17. The molecule has 0 saturated carbocycles. The van der Waals surface area contributed by atoms with E-state index in [1.54, 1.807) is 0 Å². The van der Waals surface area contributed by atoms with Gasteiger partial charge in [0.05, 0.1) is 0 Å². The second-order valence-corrected chi connectivity index (χ2v) is 4.32. The summed E-state index contributed by atoms with van der Waals surface area (Å²) in [4.78, 5) is 4.03. The van der Waals surface area contributed by atoms with Gasteiger partial charge in [0, 0.05) is 0 Å². The predicted molar refractivity (Wildman–Crippen MR) is 31.2 cm³/mol. The number of hydrogen-bond acceptors (Lipinski definition) is 1. The average molecular weight is 210 g/mol. The first-order valence-electron chi connectivity index (χ1n) is 1.72. The molecule has 0 N–H and O–H groups in total. The van der Waals surface area contributed by atoms with E-state index >= 15 is 0 Å². The summed E-state index contributed by atoms with van der Waals surface area (Å²) in [5.41, 5.74) is 0. The van der Waals surface area contributed by atoms with Crippen LogP contribution in [0.4, 0.5) is 0 Å². The molecule has 0 bridgehead atoms. The van der Waals surface area contributed by atoms with Crippen LogP contribution in [0.2, 0.25) is 4.44 Å². The van der Waals surface area contributed by atoms with Crippen LogP contribution in [0.15, 0.2) is 4.99 Å². The van der Waals surface area contributed by atoms with Gasteiger partial charge in [-0.3, -0.25) is 0 Å². The average Bonchev–Trinajstić information content (AvgIpc) is 1.76. The van der Waals surface area contributed by atoms with Gasteiger partial charge in [-0.25, -0.2) is 0 Å². The summed E-state index contributed by atoms with van der Waals surface area (Å²) in [6, 6.07) is 0. The van der Waals surface area contributed by atoms with Gasteiger partial charge in [0.25, 0.3) is 0 Å². The molecule has 0 atom stereocenters. The Morgan fingerprint density at radius 3 is 2.67 bits per heavy atom. The zero-order valence-corrected chi connectivity index (χ0v) is 7.02. The molecule has 0 fully saturated rings. The van der Waals surface area contributed by atoms with Crippen molar-refractivity contribution < 1.29 is 0 Å². The topological polar surface area (TPSA) is 12.4 Å². The minimum atomic E-state index is 0. The standard InChI is InChI=1S/C3H5N.ClH.Sn/c1-3-4-2;;/h2H,1,3H2;1H;. The van der Waals surface area contributed by atoms with E-state index in [4.69, 9.17) is 0 Å². The maximum absolute atomic E-state index is 4.03. The third-order valence-corrected chi connectivity index (χ3v) is 3.07. The normalized spacial score (nSPS) is 17.3. The molecular formula is C3H6ClNSn. The Labute approximate surface area is 53.9 Å². The first-order chi connectivity index (χ1) is 2.50. The molecule has 0 unspecified atom stereocenters. The Balaban J connectivity index is 0.000000250. The van der Waals surface area contributed by atoms with Crippen molar-refractivity contribution in [2.75, 3.05) is 6.54 Å². The van der Waals surface area contributed by atoms with Crippen molar-refractivity contribution >= 4 is 37.8 Å². The predicted octanol–water partition coefficient (Wildman–Crippen LogP) is 0.573. The molecule has 2 radical (unpaired) electrons. The van der Waals surface area contributed by atoms with Crippen molar-refractivity contribution in [1.82, 2.24) is 0 Å². The molecule has 0 spiro atoms. The second kappa shape index (κ2) is 3.93. The zero-order valence-electron chi connectivity index (χ0n) is 3.35. The molecule has 34 valence electrons. The number of rotatable bonds is 0. The second-order valence-electron chi connectivity index (χ2n) is 0.989. The van der Waals surface area contributed by atoms with Gasteiger partial charge in [0.15, 0.2) is 0 Å². The first-order valence-corrected chi connectivity index (χ1v) is 5.38. The molecule has 1 nitrogen and oxygen atoms in total. The van der Waals surface area contributed by atoms with Crippen LogP contribution in [0, 0.1) is 0 Å². The quantitative estimate of drug-likeness (QED) is 0.518. The van der Waals surface area contributed by atoms with Gasteiger partial charge in [0.1, 0.15) is 0 Å². The monoisotopic (exact) mass is 211 g/mol. The Morgan fingerprint density at radius 1 is 1.67 bits per heavy atom. The van der Waals surface area contributed by atoms with Gasteiger partial charge in [0.2, 0.25) is 0 Å². The van der Waals surface area contributed by atoms with Crippen molar-refractivity contribution in [3.8, 4) is 0 Å². The molecule has 1 heterocycles. The van der Waals surface area contributed by atoms with Crippen molar-refractivity contribution in [2.24, 2.45) is 4.99 Å². The molecule has 0 saturated heterocycles. The molecule has 6 heavy (non-hydrogen) atoms. The van der Waals surface area contributed by atoms with Gasteiger partial charge in [-0.2, -0.15) is 0 Å². The zero-order chi connectivity index (χ0) is 3.54. The number of nitrogens with zero attached hydrogens (tertiary/aromatic N) is 1. The van der Waals surface area contributed by atoms with E-state index in [0.29, 0.717) is 0 Å². The Kier molecular flexibility index (Phi) is 4.43. The van der Waals surface area contributed by atoms with Crippen LogP contribution in [-0.2, 0) is 0 Å². The SMILES string of the molecule is Cl.[CH]1=NC[CH2][Sn]1. The number of aliphatic imine (C=N–C) groups is 1. The fraction of sp³-hybridized carbons (Fsp3) is 0.667. The summed E-state index contributed by atoms with van der Waals surface area (Å²) in [6.07, 6.45) is 0. The van der Waals surface area contributed by atoms with Crippen molar-refractivity contribution in [3.63, 3.8) is 0 Å². The van der Waals surface area contributed by atoms with Gasteiger partial charge >= 0.3 is 41.3 Å². The van der Waals surface area contributed by atoms with E-state index in [-0.39, 0.29) is 33.5 Å². The third kappa shape index (κ3) is 2.03. The van der Waals surface area contributed by atoms with Gasteiger partial charge in [-0.1, -0.05) is 0 Å². The molecule has 3 heteroatoms. The third-order valence-electron chi connectivity index (χ3n) is 0.568. The molecule has 1 aliphatic rings. The molecule has 1 aliphatic heterocycles. The molecule has 0 aromatic heterocycles. The molecule has 0 aromatic rings. The first kappa shape index (κ1) is 6.76. The maximum atomic E-state index is 4.03. The Morgan fingerprint density at radius 2 is 2.50 bits per heavy atom. The summed E-state index contributed by atoms with van der Waals surface area (Å²) in [5, 5.41) is 0. The van der Waals surface area contributed by atoms with E-state index in [9.17, 15) is 0 Å². The van der Waals surface area contributed by atoms with Crippen LogP contribution in [-0.4, -0.2) is 31.9 Å². The summed E-state index contributed by atoms with van der Waals surface area (Å²) in [7, 11) is 0. The fourth-order valence-electron chi connectivity index (χ4n) is 0.323. The van der Waals surface area contributed by atoms with Crippen molar-refractivity contribution in [1.29, 1.82) is 0 Å². The van der Waals surface area contributed by atoms with E-state index in [2.05, 4.69) is 9.22 Å². The Bertz CT molecular complexity index is 48.8. The van der Waals surface area contributed by atoms with Crippen LogP contribution in [0.3, 0.4) is 0 Å². The Hall–Kier alpha value is 0.759. The van der Waals surface area contributed by atoms with Crippen molar-refractivity contribution in [2.45, 2.75) is 4.44 Å². The molecule has 0 aromatic carbocycles. The van der Waals surface area contributed by atoms with E-state index < -0.39 is 0 Å². The summed E-state index contributed by atoms with van der Waals surface area (Å²) in [6.45, 7) is 1.14. The number of halogens is 1. The van der Waals surface area contributed by atoms with Crippen LogP contribution < -0.4 is 0 Å². The van der Waals surface area contributed by atoms with E-state index in [0.717, 1.165) is 6.54 Å². The summed E-state index contributed by atoms with van der Waals surface area (Å²) >= 11 is 0.0372. The molecule has 1 rings (SSSR count). The van der Waals surface area contributed by atoms with Crippen LogP contribution >= 0.6 is 12.4 Å². The van der Waals surface area contributed by atoms with Crippen LogP contribution in [0.1, 0.15) is 0 Å². The van der Waals surface area contributed by atoms with Gasteiger partial charge < -0.3 is 0 Å². The summed E-state index contributed by atoms with van der Waals surface area (Å²) < 4.78 is 3.60. The molecule has 0 amide bonds. The molecule has 0 aliphatic carbocycles. The van der Waals surface area contributed by atoms with Crippen molar-refractivity contribution in [3.05, 3.63) is 0 Å².